The molecule has 5 nitrogen and oxygen atoms in total. The number of anilines is 1. The largest absolute Gasteiger partial charge is 0.333 e. The van der Waals surface area contributed by atoms with Crippen LogP contribution >= 0.6 is 15.9 Å². The number of benzene rings is 2. The first-order valence-electron chi connectivity index (χ1n) is 6.86. The first-order chi connectivity index (χ1) is 10.7. The summed E-state index contributed by atoms with van der Waals surface area (Å²) in [7, 11) is -3.92. The molecular formula is C16H17BrN2O3S. The molecule has 0 spiro atoms. The molecule has 0 saturated heterocycles. The molecule has 2 rings (SSSR count). The van der Waals surface area contributed by atoms with Crippen molar-refractivity contribution in [2.75, 3.05) is 5.32 Å². The quantitative estimate of drug-likeness (QED) is 0.825. The van der Waals surface area contributed by atoms with Crippen LogP contribution in [0.2, 0.25) is 0 Å². The summed E-state index contributed by atoms with van der Waals surface area (Å²) in [5.74, 6) is 0. The summed E-state index contributed by atoms with van der Waals surface area (Å²) in [5.41, 5.74) is 3.25. The van der Waals surface area contributed by atoms with Gasteiger partial charge in [0.15, 0.2) is 0 Å². The third kappa shape index (κ3) is 4.33. The summed E-state index contributed by atoms with van der Waals surface area (Å²) >= 11 is 3.29. The minimum Gasteiger partial charge on any atom is -0.307 e. The van der Waals surface area contributed by atoms with Crippen LogP contribution in [0.1, 0.15) is 16.7 Å². The lowest BCUT2D eigenvalue weighted by Gasteiger charge is -2.12. The summed E-state index contributed by atoms with van der Waals surface area (Å²) in [5, 5.41) is 2.49. The van der Waals surface area contributed by atoms with Gasteiger partial charge in [-0.3, -0.25) is 0 Å². The van der Waals surface area contributed by atoms with E-state index in [9.17, 15) is 13.2 Å². The lowest BCUT2D eigenvalue weighted by molar-refractivity contribution is 0.256. The van der Waals surface area contributed by atoms with Crippen LogP contribution < -0.4 is 10.0 Å². The second kappa shape index (κ2) is 6.72. The van der Waals surface area contributed by atoms with E-state index in [0.29, 0.717) is 5.69 Å². The lowest BCUT2D eigenvalue weighted by Crippen LogP contribution is -2.34. The topological polar surface area (TPSA) is 75.3 Å². The fraction of sp³-hybridized carbons (Fsp3) is 0.188. The lowest BCUT2D eigenvalue weighted by atomic mass is 10.1. The van der Waals surface area contributed by atoms with Gasteiger partial charge in [0.25, 0.3) is 10.0 Å². The molecule has 0 radical (unpaired) electrons. The molecular weight excluding hydrogens is 380 g/mol. The standard InChI is InChI=1S/C16H17BrN2O3S/c1-10-8-15(9-11(2)12(10)3)23(21,22)19-16(20)18-14-6-4-13(17)5-7-14/h4-9H,1-3H3,(H2,18,19,20). The maximum Gasteiger partial charge on any atom is 0.333 e. The van der Waals surface area contributed by atoms with E-state index in [1.807, 2.05) is 25.5 Å². The average Bonchev–Trinajstić information content (AvgIpc) is 2.46. The van der Waals surface area contributed by atoms with Gasteiger partial charge in [0.05, 0.1) is 4.90 Å². The minimum atomic E-state index is -3.92. The van der Waals surface area contributed by atoms with Crippen molar-refractivity contribution in [3.8, 4) is 0 Å². The molecule has 2 aromatic carbocycles. The maximum atomic E-state index is 12.3. The zero-order chi connectivity index (χ0) is 17.2. The number of hydrogen-bond donors (Lipinski definition) is 2. The Labute approximate surface area is 144 Å². The van der Waals surface area contributed by atoms with Crippen molar-refractivity contribution in [2.45, 2.75) is 25.7 Å². The number of carbonyl (C=O) groups excluding carboxylic acids is 1. The van der Waals surface area contributed by atoms with Gasteiger partial charge in [-0.2, -0.15) is 0 Å². The van der Waals surface area contributed by atoms with Crippen molar-refractivity contribution in [3.63, 3.8) is 0 Å². The summed E-state index contributed by atoms with van der Waals surface area (Å²) < 4.78 is 27.5. The summed E-state index contributed by atoms with van der Waals surface area (Å²) in [6.45, 7) is 5.60. The molecule has 0 saturated carbocycles. The van der Waals surface area contributed by atoms with Crippen LogP contribution in [0.3, 0.4) is 0 Å². The number of nitrogens with one attached hydrogen (secondary N) is 2. The van der Waals surface area contributed by atoms with E-state index >= 15 is 0 Å². The molecule has 2 aromatic rings. The van der Waals surface area contributed by atoms with Gasteiger partial charge in [-0.05, 0) is 73.9 Å². The Bertz CT molecular complexity index is 823. The van der Waals surface area contributed by atoms with Crippen molar-refractivity contribution in [3.05, 3.63) is 57.6 Å². The van der Waals surface area contributed by atoms with E-state index in [-0.39, 0.29) is 4.90 Å². The van der Waals surface area contributed by atoms with E-state index < -0.39 is 16.1 Å². The molecule has 0 aliphatic rings. The highest BCUT2D eigenvalue weighted by Crippen LogP contribution is 2.19. The van der Waals surface area contributed by atoms with Crippen molar-refractivity contribution in [1.82, 2.24) is 4.72 Å². The Morgan fingerprint density at radius 2 is 1.52 bits per heavy atom. The molecule has 0 aliphatic carbocycles. The van der Waals surface area contributed by atoms with Gasteiger partial charge >= 0.3 is 6.03 Å². The van der Waals surface area contributed by atoms with Crippen molar-refractivity contribution in [2.24, 2.45) is 0 Å². The number of halogens is 1. The highest BCUT2D eigenvalue weighted by molar-refractivity contribution is 9.10. The third-order valence-corrected chi connectivity index (χ3v) is 5.38. The predicted molar refractivity (Wildman–Crippen MR) is 94.1 cm³/mol. The van der Waals surface area contributed by atoms with E-state index in [0.717, 1.165) is 21.2 Å². The number of carbonyl (C=O) groups is 1. The first-order valence-corrected chi connectivity index (χ1v) is 9.14. The van der Waals surface area contributed by atoms with Gasteiger partial charge in [-0.25, -0.2) is 17.9 Å². The molecule has 0 atom stereocenters. The summed E-state index contributed by atoms with van der Waals surface area (Å²) in [4.78, 5) is 12.0. The molecule has 2 N–H and O–H groups in total. The minimum absolute atomic E-state index is 0.0732. The zero-order valence-electron chi connectivity index (χ0n) is 13.0. The normalized spacial score (nSPS) is 11.1. The highest BCUT2D eigenvalue weighted by atomic mass is 79.9. The number of rotatable bonds is 3. The molecule has 23 heavy (non-hydrogen) atoms. The van der Waals surface area contributed by atoms with Crippen LogP contribution in [0.25, 0.3) is 0 Å². The van der Waals surface area contributed by atoms with E-state index in [1.54, 1.807) is 36.4 Å². The number of aryl methyl sites for hydroxylation is 2. The van der Waals surface area contributed by atoms with E-state index in [1.165, 1.54) is 0 Å². The average molecular weight is 397 g/mol. The fourth-order valence-electron chi connectivity index (χ4n) is 2.02. The Balaban J connectivity index is 2.17. The highest BCUT2D eigenvalue weighted by Gasteiger charge is 2.19. The number of sulfonamides is 1. The van der Waals surface area contributed by atoms with Crippen LogP contribution in [-0.2, 0) is 10.0 Å². The monoisotopic (exact) mass is 396 g/mol. The van der Waals surface area contributed by atoms with Gasteiger partial charge in [-0.15, -0.1) is 0 Å². The first kappa shape index (κ1) is 17.5. The Kier molecular flexibility index (Phi) is 5.11. The zero-order valence-corrected chi connectivity index (χ0v) is 15.4. The molecule has 0 fully saturated rings. The van der Waals surface area contributed by atoms with Crippen molar-refractivity contribution >= 4 is 37.7 Å². The van der Waals surface area contributed by atoms with Crippen molar-refractivity contribution in [1.29, 1.82) is 0 Å². The Morgan fingerprint density at radius 1 is 1.00 bits per heavy atom. The van der Waals surface area contributed by atoms with Crippen LogP contribution in [0, 0.1) is 20.8 Å². The van der Waals surface area contributed by atoms with Crippen molar-refractivity contribution < 1.29 is 13.2 Å². The molecule has 0 heterocycles. The number of amides is 2. The number of urea groups is 1. The van der Waals surface area contributed by atoms with Gasteiger partial charge in [0.2, 0.25) is 0 Å². The molecule has 7 heteroatoms. The molecule has 0 aromatic heterocycles. The maximum absolute atomic E-state index is 12.3. The molecule has 2 amide bonds. The third-order valence-electron chi connectivity index (χ3n) is 3.54. The van der Waals surface area contributed by atoms with Crippen LogP contribution in [-0.4, -0.2) is 14.4 Å². The van der Waals surface area contributed by atoms with Crippen LogP contribution in [0.4, 0.5) is 10.5 Å². The number of hydrogen-bond acceptors (Lipinski definition) is 3. The van der Waals surface area contributed by atoms with E-state index in [4.69, 9.17) is 0 Å². The van der Waals surface area contributed by atoms with Gasteiger partial charge in [0, 0.05) is 10.2 Å². The summed E-state index contributed by atoms with van der Waals surface area (Å²) in [6, 6.07) is 9.12. The van der Waals surface area contributed by atoms with Gasteiger partial charge < -0.3 is 5.32 Å². The molecule has 122 valence electrons. The predicted octanol–water partition coefficient (Wildman–Crippen LogP) is 3.88. The van der Waals surface area contributed by atoms with Crippen LogP contribution in [0.5, 0.6) is 0 Å². The molecule has 0 aliphatic heterocycles. The second-order valence-corrected chi connectivity index (χ2v) is 7.85. The smallest absolute Gasteiger partial charge is 0.307 e. The Hall–Kier alpha value is -1.86. The summed E-state index contributed by atoms with van der Waals surface area (Å²) in [6.07, 6.45) is 0. The Morgan fingerprint density at radius 3 is 2.04 bits per heavy atom. The van der Waals surface area contributed by atoms with E-state index in [2.05, 4.69) is 21.2 Å². The van der Waals surface area contributed by atoms with Crippen LogP contribution in [0.15, 0.2) is 45.8 Å². The molecule has 0 unspecified atom stereocenters. The molecule has 0 bridgehead atoms. The second-order valence-electron chi connectivity index (χ2n) is 5.25. The van der Waals surface area contributed by atoms with Gasteiger partial charge in [0.1, 0.15) is 0 Å². The fourth-order valence-corrected chi connectivity index (χ4v) is 3.36. The SMILES string of the molecule is Cc1cc(S(=O)(=O)NC(=O)Nc2ccc(Br)cc2)cc(C)c1C. The van der Waals surface area contributed by atoms with Gasteiger partial charge in [-0.1, -0.05) is 15.9 Å².